The first kappa shape index (κ1) is 12.3. The highest BCUT2D eigenvalue weighted by Gasteiger charge is 2.08. The molecule has 0 aliphatic heterocycles. The molecule has 0 radical (unpaired) electrons. The van der Waals surface area contributed by atoms with E-state index in [9.17, 15) is 0 Å². The summed E-state index contributed by atoms with van der Waals surface area (Å²) >= 11 is 5.68. The molecule has 1 N–H and O–H groups in total. The monoisotopic (exact) mass is 227 g/mol. The van der Waals surface area contributed by atoms with E-state index in [1.165, 1.54) is 5.57 Å². The standard InChI is InChI=1S/C12H18ClNO/c1-9(8-14-12(2,3)4)7-10-5-6-11(13)15-10/h5-7,14H,8H2,1-4H3. The Labute approximate surface area is 96.3 Å². The van der Waals surface area contributed by atoms with E-state index < -0.39 is 0 Å². The lowest BCUT2D eigenvalue weighted by Gasteiger charge is -2.20. The van der Waals surface area contributed by atoms with Gasteiger partial charge in [0, 0.05) is 12.1 Å². The Morgan fingerprint density at radius 1 is 1.47 bits per heavy atom. The van der Waals surface area contributed by atoms with Crippen molar-refractivity contribution in [2.45, 2.75) is 33.2 Å². The summed E-state index contributed by atoms with van der Waals surface area (Å²) in [6, 6.07) is 3.61. The van der Waals surface area contributed by atoms with Gasteiger partial charge in [-0.2, -0.15) is 0 Å². The highest BCUT2D eigenvalue weighted by molar-refractivity contribution is 6.28. The molecule has 0 aromatic carbocycles. The van der Waals surface area contributed by atoms with Gasteiger partial charge >= 0.3 is 0 Å². The average Bonchev–Trinajstić information content (AvgIpc) is 2.47. The van der Waals surface area contributed by atoms with Crippen molar-refractivity contribution in [1.29, 1.82) is 0 Å². The van der Waals surface area contributed by atoms with Gasteiger partial charge < -0.3 is 9.73 Å². The molecule has 0 saturated heterocycles. The molecule has 3 heteroatoms. The number of hydrogen-bond acceptors (Lipinski definition) is 2. The summed E-state index contributed by atoms with van der Waals surface area (Å²) in [5.74, 6) is 0.799. The molecule has 1 rings (SSSR count). The molecule has 0 spiro atoms. The highest BCUT2D eigenvalue weighted by atomic mass is 35.5. The number of rotatable bonds is 3. The molecule has 0 fully saturated rings. The van der Waals surface area contributed by atoms with E-state index in [0.29, 0.717) is 5.22 Å². The van der Waals surface area contributed by atoms with Crippen LogP contribution < -0.4 is 5.32 Å². The zero-order valence-electron chi connectivity index (χ0n) is 9.73. The van der Waals surface area contributed by atoms with Crippen LogP contribution in [0.1, 0.15) is 33.5 Å². The lowest BCUT2D eigenvalue weighted by atomic mass is 10.1. The van der Waals surface area contributed by atoms with Crippen LogP contribution in [0.4, 0.5) is 0 Å². The topological polar surface area (TPSA) is 25.2 Å². The third kappa shape index (κ3) is 5.05. The van der Waals surface area contributed by atoms with E-state index in [-0.39, 0.29) is 5.54 Å². The second-order valence-electron chi connectivity index (χ2n) is 4.74. The van der Waals surface area contributed by atoms with E-state index >= 15 is 0 Å². The molecule has 0 bridgehead atoms. The first-order chi connectivity index (χ1) is 6.87. The predicted molar refractivity (Wildman–Crippen MR) is 65.1 cm³/mol. The van der Waals surface area contributed by atoms with Crippen molar-refractivity contribution in [2.75, 3.05) is 6.54 Å². The van der Waals surface area contributed by atoms with E-state index in [2.05, 4.69) is 33.0 Å². The molecule has 15 heavy (non-hydrogen) atoms. The predicted octanol–water partition coefficient (Wildman–Crippen LogP) is 3.72. The first-order valence-corrected chi connectivity index (χ1v) is 5.42. The molecule has 0 aliphatic carbocycles. The van der Waals surface area contributed by atoms with E-state index in [0.717, 1.165) is 12.3 Å². The van der Waals surface area contributed by atoms with E-state index in [1.54, 1.807) is 6.07 Å². The second kappa shape index (κ2) is 4.86. The van der Waals surface area contributed by atoms with Crippen molar-refractivity contribution in [2.24, 2.45) is 0 Å². The second-order valence-corrected chi connectivity index (χ2v) is 5.11. The first-order valence-electron chi connectivity index (χ1n) is 5.04. The summed E-state index contributed by atoms with van der Waals surface area (Å²) in [4.78, 5) is 0. The minimum atomic E-state index is 0.135. The molecule has 2 nitrogen and oxygen atoms in total. The number of hydrogen-bond donors (Lipinski definition) is 1. The molecular formula is C12H18ClNO. The van der Waals surface area contributed by atoms with Crippen molar-refractivity contribution in [3.8, 4) is 0 Å². The maximum atomic E-state index is 5.68. The fourth-order valence-electron chi connectivity index (χ4n) is 1.10. The van der Waals surface area contributed by atoms with Gasteiger partial charge in [0.05, 0.1) is 0 Å². The molecule has 1 aromatic rings. The molecule has 1 heterocycles. The van der Waals surface area contributed by atoms with Gasteiger partial charge in [-0.1, -0.05) is 5.57 Å². The van der Waals surface area contributed by atoms with Crippen LogP contribution >= 0.6 is 11.6 Å². The Morgan fingerprint density at radius 3 is 2.60 bits per heavy atom. The van der Waals surface area contributed by atoms with Gasteiger partial charge in [-0.05, 0) is 57.5 Å². The molecule has 1 aromatic heterocycles. The summed E-state index contributed by atoms with van der Waals surface area (Å²) < 4.78 is 5.25. The summed E-state index contributed by atoms with van der Waals surface area (Å²) in [7, 11) is 0. The summed E-state index contributed by atoms with van der Waals surface area (Å²) in [6.45, 7) is 9.34. The van der Waals surface area contributed by atoms with Crippen LogP contribution in [-0.2, 0) is 0 Å². The lowest BCUT2D eigenvalue weighted by Crippen LogP contribution is -2.36. The smallest absolute Gasteiger partial charge is 0.193 e. The van der Waals surface area contributed by atoms with Gasteiger partial charge in [-0.3, -0.25) is 0 Å². The molecule has 0 saturated carbocycles. The Morgan fingerprint density at radius 2 is 2.13 bits per heavy atom. The van der Waals surface area contributed by atoms with Crippen LogP contribution in [0.25, 0.3) is 6.08 Å². The summed E-state index contributed by atoms with van der Waals surface area (Å²) in [5, 5.41) is 3.83. The van der Waals surface area contributed by atoms with Crippen molar-refractivity contribution in [1.82, 2.24) is 5.32 Å². The largest absolute Gasteiger partial charge is 0.445 e. The molecular weight excluding hydrogens is 210 g/mol. The van der Waals surface area contributed by atoms with Crippen molar-refractivity contribution in [3.63, 3.8) is 0 Å². The van der Waals surface area contributed by atoms with Crippen molar-refractivity contribution < 1.29 is 4.42 Å². The van der Waals surface area contributed by atoms with E-state index in [1.807, 2.05) is 12.1 Å². The summed E-state index contributed by atoms with van der Waals surface area (Å²) in [5.41, 5.74) is 1.35. The summed E-state index contributed by atoms with van der Waals surface area (Å²) in [6.07, 6.45) is 1.99. The molecule has 0 amide bonds. The molecule has 0 atom stereocenters. The van der Waals surface area contributed by atoms with Gasteiger partial charge in [0.1, 0.15) is 5.76 Å². The average molecular weight is 228 g/mol. The van der Waals surface area contributed by atoms with Gasteiger partial charge in [0.2, 0.25) is 0 Å². The maximum Gasteiger partial charge on any atom is 0.193 e. The third-order valence-electron chi connectivity index (χ3n) is 1.88. The van der Waals surface area contributed by atoms with Crippen molar-refractivity contribution in [3.05, 3.63) is 28.7 Å². The maximum absolute atomic E-state index is 5.68. The normalized spacial score (nSPS) is 13.3. The minimum absolute atomic E-state index is 0.135. The fraction of sp³-hybridized carbons (Fsp3) is 0.500. The van der Waals surface area contributed by atoms with Crippen LogP contribution in [0.15, 0.2) is 22.1 Å². The minimum Gasteiger partial charge on any atom is -0.445 e. The Kier molecular flexibility index (Phi) is 4.00. The Bertz CT molecular complexity index is 347. The van der Waals surface area contributed by atoms with Crippen LogP contribution in [-0.4, -0.2) is 12.1 Å². The molecule has 0 aliphatic rings. The van der Waals surface area contributed by atoms with Gasteiger partial charge in [0.15, 0.2) is 5.22 Å². The Balaban J connectivity index is 2.53. The number of nitrogens with one attached hydrogen (secondary N) is 1. The highest BCUT2D eigenvalue weighted by Crippen LogP contribution is 2.15. The number of furan rings is 1. The zero-order chi connectivity index (χ0) is 11.5. The Hall–Kier alpha value is -0.730. The van der Waals surface area contributed by atoms with Gasteiger partial charge in [-0.15, -0.1) is 0 Å². The SMILES string of the molecule is CC(=Cc1ccc(Cl)o1)CNC(C)(C)C. The number of halogens is 1. The van der Waals surface area contributed by atoms with Gasteiger partial charge in [-0.25, -0.2) is 0 Å². The van der Waals surface area contributed by atoms with E-state index in [4.69, 9.17) is 16.0 Å². The third-order valence-corrected chi connectivity index (χ3v) is 2.08. The lowest BCUT2D eigenvalue weighted by molar-refractivity contribution is 0.444. The molecule has 0 unspecified atom stereocenters. The quantitative estimate of drug-likeness (QED) is 0.852. The van der Waals surface area contributed by atoms with Gasteiger partial charge in [0.25, 0.3) is 0 Å². The van der Waals surface area contributed by atoms with Crippen molar-refractivity contribution >= 4 is 17.7 Å². The van der Waals surface area contributed by atoms with Crippen LogP contribution in [0.3, 0.4) is 0 Å². The van der Waals surface area contributed by atoms with Crippen LogP contribution in [0.5, 0.6) is 0 Å². The van der Waals surface area contributed by atoms with Crippen LogP contribution in [0, 0.1) is 0 Å². The molecule has 84 valence electrons. The fourth-order valence-corrected chi connectivity index (χ4v) is 1.26. The zero-order valence-corrected chi connectivity index (χ0v) is 10.5. The van der Waals surface area contributed by atoms with Crippen LogP contribution in [0.2, 0.25) is 5.22 Å².